The lowest BCUT2D eigenvalue weighted by Gasteiger charge is -2.10. The molecule has 1 aromatic carbocycles. The Morgan fingerprint density at radius 2 is 2.18 bits per heavy atom. The van der Waals surface area contributed by atoms with Crippen LogP contribution in [0.2, 0.25) is 10.0 Å². The maximum atomic E-state index is 6.10. The Kier molecular flexibility index (Phi) is 3.72. The summed E-state index contributed by atoms with van der Waals surface area (Å²) in [5, 5.41) is 1.27. The Balaban J connectivity index is 2.15. The summed E-state index contributed by atoms with van der Waals surface area (Å²) in [7, 11) is 1.92. The second-order valence-electron chi connectivity index (χ2n) is 4.01. The van der Waals surface area contributed by atoms with Gasteiger partial charge in [-0.25, -0.2) is 4.98 Å². The van der Waals surface area contributed by atoms with E-state index in [1.807, 2.05) is 29.9 Å². The van der Waals surface area contributed by atoms with Crippen LogP contribution in [0.25, 0.3) is 0 Å². The minimum Gasteiger partial charge on any atom is -0.340 e. The summed E-state index contributed by atoms with van der Waals surface area (Å²) >= 11 is 11.9. The first-order valence-corrected chi connectivity index (χ1v) is 5.99. The van der Waals surface area contributed by atoms with Gasteiger partial charge in [0, 0.05) is 23.3 Å². The number of halogens is 2. The van der Waals surface area contributed by atoms with Crippen LogP contribution in [0.3, 0.4) is 0 Å². The van der Waals surface area contributed by atoms with E-state index in [2.05, 4.69) is 4.98 Å². The van der Waals surface area contributed by atoms with Gasteiger partial charge in [-0.3, -0.25) is 0 Å². The molecule has 0 bridgehead atoms. The molecular formula is C12H13Cl2N3. The van der Waals surface area contributed by atoms with Crippen LogP contribution in [0.4, 0.5) is 0 Å². The molecule has 0 aliphatic heterocycles. The lowest BCUT2D eigenvalue weighted by atomic mass is 10.0. The zero-order valence-corrected chi connectivity index (χ0v) is 10.9. The Hall–Kier alpha value is -1.03. The first-order valence-electron chi connectivity index (χ1n) is 5.23. The van der Waals surface area contributed by atoms with Crippen LogP contribution in [-0.4, -0.2) is 9.55 Å². The molecule has 0 saturated heterocycles. The minimum atomic E-state index is -0.158. The Bertz CT molecular complexity index is 522. The molecule has 17 heavy (non-hydrogen) atoms. The smallest absolute Gasteiger partial charge is 0.0947 e. The van der Waals surface area contributed by atoms with E-state index in [9.17, 15) is 0 Å². The quantitative estimate of drug-likeness (QED) is 0.931. The van der Waals surface area contributed by atoms with E-state index >= 15 is 0 Å². The number of nitrogens with two attached hydrogens (primary N) is 1. The number of nitrogens with zero attached hydrogens (tertiary/aromatic N) is 2. The van der Waals surface area contributed by atoms with Crippen molar-refractivity contribution in [3.05, 3.63) is 52.0 Å². The van der Waals surface area contributed by atoms with Crippen LogP contribution in [0.5, 0.6) is 0 Å². The number of hydrogen-bond donors (Lipinski definition) is 1. The lowest BCUT2D eigenvalue weighted by molar-refractivity contribution is 0.700. The van der Waals surface area contributed by atoms with E-state index in [4.69, 9.17) is 28.9 Å². The number of hydrogen-bond acceptors (Lipinski definition) is 2. The first-order chi connectivity index (χ1) is 8.06. The molecule has 2 aromatic rings. The molecule has 0 radical (unpaired) electrons. The standard InChI is InChI=1S/C12H13Cl2N3/c1-17-6-12(16-7-17)11(15)4-8-2-3-9(13)5-10(8)14/h2-3,5-7,11H,4,15H2,1H3. The summed E-state index contributed by atoms with van der Waals surface area (Å²) in [4.78, 5) is 4.23. The van der Waals surface area contributed by atoms with Crippen molar-refractivity contribution in [2.24, 2.45) is 12.8 Å². The third-order valence-electron chi connectivity index (χ3n) is 2.56. The predicted molar refractivity (Wildman–Crippen MR) is 70.3 cm³/mol. The van der Waals surface area contributed by atoms with Gasteiger partial charge in [-0.05, 0) is 24.1 Å². The fraction of sp³-hybridized carbons (Fsp3) is 0.250. The topological polar surface area (TPSA) is 43.8 Å². The van der Waals surface area contributed by atoms with Crippen LogP contribution >= 0.6 is 23.2 Å². The third-order valence-corrected chi connectivity index (χ3v) is 3.15. The summed E-state index contributed by atoms with van der Waals surface area (Å²) in [5.41, 5.74) is 7.92. The van der Waals surface area contributed by atoms with Gasteiger partial charge in [0.25, 0.3) is 0 Å². The van der Waals surface area contributed by atoms with E-state index in [1.165, 1.54) is 0 Å². The van der Waals surface area contributed by atoms with E-state index in [0.717, 1.165) is 11.3 Å². The van der Waals surface area contributed by atoms with Gasteiger partial charge in [0.15, 0.2) is 0 Å². The van der Waals surface area contributed by atoms with Gasteiger partial charge in [-0.2, -0.15) is 0 Å². The third kappa shape index (κ3) is 3.00. The van der Waals surface area contributed by atoms with Gasteiger partial charge >= 0.3 is 0 Å². The van der Waals surface area contributed by atoms with Crippen LogP contribution in [0, 0.1) is 0 Å². The summed E-state index contributed by atoms with van der Waals surface area (Å²) in [6.45, 7) is 0. The van der Waals surface area contributed by atoms with E-state index in [0.29, 0.717) is 16.5 Å². The van der Waals surface area contributed by atoms with E-state index < -0.39 is 0 Å². The summed E-state index contributed by atoms with van der Waals surface area (Å²) in [5.74, 6) is 0. The van der Waals surface area contributed by atoms with Gasteiger partial charge in [-0.15, -0.1) is 0 Å². The molecule has 0 aliphatic carbocycles. The normalized spacial score (nSPS) is 12.7. The largest absolute Gasteiger partial charge is 0.340 e. The number of imidazole rings is 1. The van der Waals surface area contributed by atoms with Crippen molar-refractivity contribution in [2.45, 2.75) is 12.5 Å². The zero-order chi connectivity index (χ0) is 12.4. The molecule has 5 heteroatoms. The average molecular weight is 270 g/mol. The average Bonchev–Trinajstić information content (AvgIpc) is 2.69. The zero-order valence-electron chi connectivity index (χ0n) is 9.40. The Labute approximate surface area is 110 Å². The molecule has 1 atom stereocenters. The maximum absolute atomic E-state index is 6.10. The molecule has 2 rings (SSSR count). The summed E-state index contributed by atoms with van der Waals surface area (Å²) in [6.07, 6.45) is 4.29. The second kappa shape index (κ2) is 5.08. The lowest BCUT2D eigenvalue weighted by Crippen LogP contribution is -2.14. The molecule has 90 valence electrons. The molecule has 0 aliphatic rings. The minimum absolute atomic E-state index is 0.158. The molecule has 1 aromatic heterocycles. The molecule has 2 N–H and O–H groups in total. The molecule has 1 heterocycles. The number of rotatable bonds is 3. The number of aryl methyl sites for hydroxylation is 1. The van der Waals surface area contributed by atoms with E-state index in [1.54, 1.807) is 12.4 Å². The van der Waals surface area contributed by atoms with Crippen molar-refractivity contribution in [1.29, 1.82) is 0 Å². The fourth-order valence-corrected chi connectivity index (χ4v) is 2.14. The van der Waals surface area contributed by atoms with E-state index in [-0.39, 0.29) is 6.04 Å². The van der Waals surface area contributed by atoms with Crippen molar-refractivity contribution in [2.75, 3.05) is 0 Å². The van der Waals surface area contributed by atoms with Crippen molar-refractivity contribution in [1.82, 2.24) is 9.55 Å². The summed E-state index contributed by atoms with van der Waals surface area (Å²) < 4.78 is 1.87. The summed E-state index contributed by atoms with van der Waals surface area (Å²) in [6, 6.07) is 5.28. The van der Waals surface area contributed by atoms with Gasteiger partial charge in [-0.1, -0.05) is 29.3 Å². The molecule has 0 fully saturated rings. The number of aromatic nitrogens is 2. The van der Waals surface area contributed by atoms with Crippen molar-refractivity contribution in [3.8, 4) is 0 Å². The SMILES string of the molecule is Cn1cnc(C(N)Cc2ccc(Cl)cc2Cl)c1. The Morgan fingerprint density at radius 3 is 2.76 bits per heavy atom. The Morgan fingerprint density at radius 1 is 1.41 bits per heavy atom. The first kappa shape index (κ1) is 12.4. The highest BCUT2D eigenvalue weighted by atomic mass is 35.5. The van der Waals surface area contributed by atoms with Gasteiger partial charge < -0.3 is 10.3 Å². The van der Waals surface area contributed by atoms with Crippen molar-refractivity contribution < 1.29 is 0 Å². The predicted octanol–water partition coefficient (Wildman–Crippen LogP) is 2.97. The molecule has 1 unspecified atom stereocenters. The van der Waals surface area contributed by atoms with Crippen molar-refractivity contribution >= 4 is 23.2 Å². The highest BCUT2D eigenvalue weighted by Gasteiger charge is 2.12. The number of benzene rings is 1. The molecule has 0 saturated carbocycles. The van der Waals surface area contributed by atoms with Gasteiger partial charge in [0.2, 0.25) is 0 Å². The molecule has 0 amide bonds. The highest BCUT2D eigenvalue weighted by molar-refractivity contribution is 6.35. The molecule has 0 spiro atoms. The maximum Gasteiger partial charge on any atom is 0.0947 e. The molecule has 3 nitrogen and oxygen atoms in total. The van der Waals surface area contributed by atoms with Gasteiger partial charge in [0.05, 0.1) is 18.1 Å². The van der Waals surface area contributed by atoms with Crippen LogP contribution in [-0.2, 0) is 13.5 Å². The van der Waals surface area contributed by atoms with Crippen LogP contribution in [0.1, 0.15) is 17.3 Å². The fourth-order valence-electron chi connectivity index (χ4n) is 1.65. The monoisotopic (exact) mass is 269 g/mol. The second-order valence-corrected chi connectivity index (χ2v) is 4.85. The van der Waals surface area contributed by atoms with Gasteiger partial charge in [0.1, 0.15) is 0 Å². The van der Waals surface area contributed by atoms with Crippen molar-refractivity contribution in [3.63, 3.8) is 0 Å². The van der Waals surface area contributed by atoms with Crippen LogP contribution < -0.4 is 5.73 Å². The molecular weight excluding hydrogens is 257 g/mol. The highest BCUT2D eigenvalue weighted by Crippen LogP contribution is 2.24. The van der Waals surface area contributed by atoms with Crippen LogP contribution in [0.15, 0.2) is 30.7 Å².